The lowest BCUT2D eigenvalue weighted by molar-refractivity contribution is -0.172. The molecule has 4 heterocycles. The van der Waals surface area contributed by atoms with Crippen molar-refractivity contribution < 1.29 is 43.0 Å². The lowest BCUT2D eigenvalue weighted by Crippen LogP contribution is -2.52. The van der Waals surface area contributed by atoms with Gasteiger partial charge in [0, 0.05) is 42.1 Å². The van der Waals surface area contributed by atoms with E-state index in [1.807, 2.05) is 0 Å². The average Bonchev–Trinajstić information content (AvgIpc) is 3.63. The van der Waals surface area contributed by atoms with E-state index in [0.717, 1.165) is 11.1 Å². The molecule has 2 aliphatic heterocycles. The molecule has 4 aromatic rings. The standard InChI is InChI=1S/C42H46FN9O9/c1-3-42(60)26-14-31-37-24(19-52(31)39(57)25(26)20-61-40(42)58)36-28(10-9-23-21(2)27(43)15-29(50-37)35(23)36)51-41(59)46-12-11-45-33(54)17-48-38(56)30(13-22-7-5-4-6-8-22)49-34(55)18-47-32(53)16-44/h4-8,14-15,28,30,60H,3,9-13,16-20,44H2,1-2H3,(H,45,54)(H,47,53)(H,48,56)(H,49,55)(H2,46,51,59)/t28-,30-,42-/m0/s1. The van der Waals surface area contributed by atoms with Crippen LogP contribution < -0.4 is 43.2 Å². The van der Waals surface area contributed by atoms with Crippen molar-refractivity contribution in [3.8, 4) is 11.4 Å². The second kappa shape index (κ2) is 17.5. The van der Waals surface area contributed by atoms with Crippen LogP contribution in [0.4, 0.5) is 9.18 Å². The Balaban J connectivity index is 1.00. The van der Waals surface area contributed by atoms with Crippen LogP contribution in [0.25, 0.3) is 22.3 Å². The Kier molecular flexibility index (Phi) is 12.1. The minimum Gasteiger partial charge on any atom is -0.458 e. The molecule has 3 atom stereocenters. The normalized spacial score (nSPS) is 17.5. The number of halogens is 1. The largest absolute Gasteiger partial charge is 0.458 e. The molecular weight excluding hydrogens is 794 g/mol. The van der Waals surface area contributed by atoms with Gasteiger partial charge in [-0.3, -0.25) is 24.0 Å². The number of carbonyl (C=O) groups excluding carboxylic acids is 6. The summed E-state index contributed by atoms with van der Waals surface area (Å²) in [6, 6.07) is 9.63. The van der Waals surface area contributed by atoms with E-state index < -0.39 is 71.2 Å². The fraction of sp³-hybridized carbons (Fsp3) is 0.381. The highest BCUT2D eigenvalue weighted by atomic mass is 19.1. The lowest BCUT2D eigenvalue weighted by Gasteiger charge is -2.31. The molecular formula is C42H46FN9O9. The van der Waals surface area contributed by atoms with E-state index in [4.69, 9.17) is 15.5 Å². The van der Waals surface area contributed by atoms with Crippen LogP contribution in [0, 0.1) is 12.7 Å². The number of carbonyl (C=O) groups is 6. The van der Waals surface area contributed by atoms with Crippen molar-refractivity contribution in [2.45, 2.75) is 70.4 Å². The van der Waals surface area contributed by atoms with E-state index in [1.165, 1.54) is 10.6 Å². The lowest BCUT2D eigenvalue weighted by atomic mass is 9.81. The summed E-state index contributed by atoms with van der Waals surface area (Å²) in [7, 11) is 0. The second-order valence-electron chi connectivity index (χ2n) is 15.2. The number of ether oxygens (including phenoxy) is 1. The highest BCUT2D eigenvalue weighted by Crippen LogP contribution is 2.46. The maximum absolute atomic E-state index is 15.3. The zero-order valence-electron chi connectivity index (χ0n) is 33.5. The zero-order valence-corrected chi connectivity index (χ0v) is 33.5. The quantitative estimate of drug-likeness (QED) is 0.0539. The number of hydrogen-bond donors (Lipinski definition) is 8. The maximum Gasteiger partial charge on any atom is 0.343 e. The maximum atomic E-state index is 15.3. The van der Waals surface area contributed by atoms with Crippen molar-refractivity contribution in [1.29, 1.82) is 0 Å². The van der Waals surface area contributed by atoms with E-state index in [9.17, 15) is 38.7 Å². The number of cyclic esters (lactones) is 1. The summed E-state index contributed by atoms with van der Waals surface area (Å²) in [5.74, 6) is -3.64. The molecule has 19 heteroatoms. The smallest absolute Gasteiger partial charge is 0.343 e. The Morgan fingerprint density at radius 1 is 0.984 bits per heavy atom. The summed E-state index contributed by atoms with van der Waals surface area (Å²) in [5.41, 5.74) is 7.45. The summed E-state index contributed by atoms with van der Waals surface area (Å²) in [4.78, 5) is 94.5. The van der Waals surface area contributed by atoms with Gasteiger partial charge in [0.2, 0.25) is 23.6 Å². The van der Waals surface area contributed by atoms with Gasteiger partial charge in [0.05, 0.1) is 54.7 Å². The van der Waals surface area contributed by atoms with Crippen molar-refractivity contribution in [2.24, 2.45) is 5.73 Å². The van der Waals surface area contributed by atoms with Crippen molar-refractivity contribution in [2.75, 3.05) is 32.7 Å². The van der Waals surface area contributed by atoms with Gasteiger partial charge in [0.25, 0.3) is 5.56 Å². The van der Waals surface area contributed by atoms with E-state index >= 15 is 4.39 Å². The third-order valence-electron chi connectivity index (χ3n) is 11.4. The average molecular weight is 840 g/mol. The predicted octanol–water partition coefficient (Wildman–Crippen LogP) is -0.152. The summed E-state index contributed by atoms with van der Waals surface area (Å²) < 4.78 is 22.0. The molecule has 0 bridgehead atoms. The van der Waals surface area contributed by atoms with Crippen LogP contribution in [0.5, 0.6) is 0 Å². The van der Waals surface area contributed by atoms with Gasteiger partial charge in [-0.15, -0.1) is 0 Å². The van der Waals surface area contributed by atoms with E-state index in [0.29, 0.717) is 51.8 Å². The van der Waals surface area contributed by atoms with Crippen LogP contribution >= 0.6 is 0 Å². The number of aryl methyl sites for hydroxylation is 1. The van der Waals surface area contributed by atoms with Gasteiger partial charge in [-0.1, -0.05) is 37.3 Å². The molecule has 0 unspecified atom stereocenters. The topological polar surface area (TPSA) is 265 Å². The molecule has 0 saturated heterocycles. The summed E-state index contributed by atoms with van der Waals surface area (Å²) >= 11 is 0. The summed E-state index contributed by atoms with van der Waals surface area (Å²) in [6.45, 7) is 1.99. The first-order valence-corrected chi connectivity index (χ1v) is 19.9. The van der Waals surface area contributed by atoms with Gasteiger partial charge in [-0.25, -0.2) is 19.0 Å². The summed E-state index contributed by atoms with van der Waals surface area (Å²) in [6.07, 6.45) is 0.928. The van der Waals surface area contributed by atoms with Crippen molar-refractivity contribution in [3.05, 3.63) is 97.6 Å². The highest BCUT2D eigenvalue weighted by Gasteiger charge is 2.46. The van der Waals surface area contributed by atoms with Crippen molar-refractivity contribution in [1.82, 2.24) is 41.5 Å². The Labute approximate surface area is 348 Å². The molecule has 0 fully saturated rings. The molecule has 6 amide bonds. The van der Waals surface area contributed by atoms with Gasteiger partial charge in [-0.05, 0) is 54.5 Å². The molecule has 2 aromatic carbocycles. The minimum absolute atomic E-state index is 0.00718. The number of aliphatic hydroxyl groups is 1. The zero-order chi connectivity index (χ0) is 43.6. The Morgan fingerprint density at radius 3 is 2.46 bits per heavy atom. The number of nitrogens with two attached hydrogens (primary N) is 1. The molecule has 0 spiro atoms. The molecule has 2 aromatic heterocycles. The number of aromatic nitrogens is 2. The molecule has 320 valence electrons. The number of fused-ring (bicyclic) bond motifs is 5. The molecule has 0 saturated carbocycles. The fourth-order valence-corrected chi connectivity index (χ4v) is 8.19. The Hall–Kier alpha value is -6.73. The molecule has 7 rings (SSSR count). The third-order valence-corrected chi connectivity index (χ3v) is 11.4. The third kappa shape index (κ3) is 8.38. The van der Waals surface area contributed by atoms with Gasteiger partial charge in [0.15, 0.2) is 5.60 Å². The van der Waals surface area contributed by atoms with Crippen LogP contribution in [0.15, 0.2) is 47.3 Å². The van der Waals surface area contributed by atoms with E-state index in [-0.39, 0.29) is 63.3 Å². The summed E-state index contributed by atoms with van der Waals surface area (Å²) in [5, 5.41) is 27.8. The molecule has 1 aliphatic carbocycles. The van der Waals surface area contributed by atoms with E-state index in [1.54, 1.807) is 50.2 Å². The number of benzene rings is 2. The number of nitrogens with zero attached hydrogens (tertiary/aromatic N) is 2. The number of urea groups is 1. The van der Waals surface area contributed by atoms with Gasteiger partial charge in [0.1, 0.15) is 18.5 Å². The first kappa shape index (κ1) is 42.4. The molecule has 3 aliphatic rings. The number of esters is 1. The monoisotopic (exact) mass is 839 g/mol. The predicted molar refractivity (Wildman–Crippen MR) is 217 cm³/mol. The molecule has 61 heavy (non-hydrogen) atoms. The fourth-order valence-electron chi connectivity index (χ4n) is 8.19. The highest BCUT2D eigenvalue weighted by molar-refractivity contribution is 5.94. The number of hydrogen-bond acceptors (Lipinski definition) is 11. The van der Waals surface area contributed by atoms with Crippen LogP contribution in [-0.2, 0) is 60.3 Å². The van der Waals surface area contributed by atoms with Gasteiger partial charge < -0.3 is 52.0 Å². The SMILES string of the molecule is CC[C@@]1(O)C(=O)OCc2c1cc1n(c2=O)Cc2c-1nc1cc(F)c(C)c3c1c2[C@@H](NC(=O)NCCNC(=O)CNC(=O)[C@H](Cc1ccccc1)NC(=O)CNC(=O)CN)CC3. The van der Waals surface area contributed by atoms with Crippen LogP contribution in [-0.4, -0.2) is 89.1 Å². The first-order chi connectivity index (χ1) is 29.2. The number of amides is 6. The number of rotatable bonds is 14. The molecule has 18 nitrogen and oxygen atoms in total. The minimum atomic E-state index is -2.03. The molecule has 0 radical (unpaired) electrons. The second-order valence-corrected chi connectivity index (χ2v) is 15.2. The number of pyridine rings is 2. The Bertz CT molecular complexity index is 2530. The van der Waals surface area contributed by atoms with Crippen molar-refractivity contribution >= 4 is 46.5 Å². The van der Waals surface area contributed by atoms with Gasteiger partial charge in [-0.2, -0.15) is 0 Å². The van der Waals surface area contributed by atoms with Crippen LogP contribution in [0.1, 0.15) is 64.8 Å². The van der Waals surface area contributed by atoms with E-state index in [2.05, 4.69) is 31.9 Å². The van der Waals surface area contributed by atoms with Crippen LogP contribution in [0.3, 0.4) is 0 Å². The van der Waals surface area contributed by atoms with Crippen LogP contribution in [0.2, 0.25) is 0 Å². The molecule has 9 N–H and O–H groups in total. The Morgan fingerprint density at radius 2 is 1.72 bits per heavy atom. The van der Waals surface area contributed by atoms with Gasteiger partial charge >= 0.3 is 12.0 Å². The van der Waals surface area contributed by atoms with Crippen molar-refractivity contribution in [3.63, 3.8) is 0 Å². The first-order valence-electron chi connectivity index (χ1n) is 19.9. The number of nitrogens with one attached hydrogen (secondary N) is 6.